The summed E-state index contributed by atoms with van der Waals surface area (Å²) in [5.74, 6) is -4.64. The van der Waals surface area contributed by atoms with Crippen LogP contribution in [-0.2, 0) is 34.8 Å². The van der Waals surface area contributed by atoms with Crippen molar-refractivity contribution in [2.45, 2.75) is 11.8 Å². The van der Waals surface area contributed by atoms with Gasteiger partial charge < -0.3 is 9.47 Å². The molecule has 2 aromatic rings. The van der Waals surface area contributed by atoms with Gasteiger partial charge in [-0.15, -0.1) is 0 Å². The molecule has 128 valence electrons. The molecule has 2 aromatic carbocycles. The molecule has 0 aromatic heterocycles. The van der Waals surface area contributed by atoms with E-state index in [1.54, 1.807) is 54.6 Å². The van der Waals surface area contributed by atoms with Crippen LogP contribution in [0.4, 0.5) is 0 Å². The lowest BCUT2D eigenvalue weighted by molar-refractivity contribution is -0.420. The van der Waals surface area contributed by atoms with Crippen molar-refractivity contribution in [3.05, 3.63) is 71.8 Å². The average Bonchev–Trinajstić information content (AvgIpc) is 3.01. The fourth-order valence-electron chi connectivity index (χ4n) is 2.59. The number of ketones is 1. The molecule has 7 nitrogen and oxygen atoms in total. The van der Waals surface area contributed by atoms with Gasteiger partial charge in [-0.3, -0.25) is 9.53 Å². The van der Waals surface area contributed by atoms with Crippen molar-refractivity contribution in [3.8, 4) is 0 Å². The average molecular weight is 342 g/mol. The summed E-state index contributed by atoms with van der Waals surface area (Å²) < 4.78 is 16.3. The first kappa shape index (κ1) is 15.9. The molecule has 4 rings (SSSR count). The highest BCUT2D eigenvalue weighted by molar-refractivity contribution is 5.91. The minimum Gasteiger partial charge on any atom is -0.456 e. The zero-order chi connectivity index (χ0) is 17.3. The quantitative estimate of drug-likeness (QED) is 0.620. The smallest absolute Gasteiger partial charge is 0.343 e. The fraction of sp³-hybridized carbons (Fsp3) is 0.222. The number of hydrogen-bond acceptors (Lipinski definition) is 7. The van der Waals surface area contributed by atoms with Crippen LogP contribution in [0.25, 0.3) is 0 Å². The summed E-state index contributed by atoms with van der Waals surface area (Å²) in [6, 6.07) is 17.2. The standard InChI is InChI=1S/C18H14O7/c19-15-11-22-18(14-9-5-2-6-10-14)23-17(15,24-25-18)12-21-16(20)13-7-3-1-4-8-13/h1-10H,11-12H2/t17-,18+/m1/s1. The van der Waals surface area contributed by atoms with Crippen molar-refractivity contribution in [3.63, 3.8) is 0 Å². The normalized spacial score (nSPS) is 27.9. The van der Waals surface area contributed by atoms with Crippen molar-refractivity contribution in [1.82, 2.24) is 0 Å². The Morgan fingerprint density at radius 3 is 2.40 bits per heavy atom. The third-order valence-corrected chi connectivity index (χ3v) is 3.93. The summed E-state index contributed by atoms with van der Waals surface area (Å²) in [6.45, 7) is -0.741. The monoisotopic (exact) mass is 342 g/mol. The molecule has 0 aliphatic carbocycles. The van der Waals surface area contributed by atoms with Gasteiger partial charge in [-0.2, -0.15) is 9.78 Å². The van der Waals surface area contributed by atoms with Crippen molar-refractivity contribution in [1.29, 1.82) is 0 Å². The van der Waals surface area contributed by atoms with Gasteiger partial charge in [0.25, 0.3) is 0 Å². The minimum absolute atomic E-state index is 0.294. The Bertz CT molecular complexity index is 792. The number of esters is 1. The predicted octanol–water partition coefficient (Wildman–Crippen LogP) is 1.93. The molecule has 7 heteroatoms. The van der Waals surface area contributed by atoms with Gasteiger partial charge >= 0.3 is 17.7 Å². The molecule has 25 heavy (non-hydrogen) atoms. The number of benzene rings is 2. The van der Waals surface area contributed by atoms with Crippen molar-refractivity contribution in [2.75, 3.05) is 13.2 Å². The highest BCUT2D eigenvalue weighted by Gasteiger charge is 2.64. The molecule has 0 spiro atoms. The molecule has 0 unspecified atom stereocenters. The minimum atomic E-state index is -1.85. The Kier molecular flexibility index (Phi) is 3.85. The Morgan fingerprint density at radius 1 is 1.00 bits per heavy atom. The zero-order valence-electron chi connectivity index (χ0n) is 13.0. The SMILES string of the molecule is O=C(OC[C@@]12OO[C@@](c3ccccc3)(OCC1=O)O2)c1ccccc1. The first-order valence-corrected chi connectivity index (χ1v) is 7.66. The number of fused-ring (bicyclic) bond motifs is 2. The molecule has 0 radical (unpaired) electrons. The van der Waals surface area contributed by atoms with E-state index in [0.29, 0.717) is 11.1 Å². The second-order valence-electron chi connectivity index (χ2n) is 5.60. The molecule has 2 heterocycles. The highest BCUT2D eigenvalue weighted by atomic mass is 17.3. The van der Waals surface area contributed by atoms with Gasteiger partial charge in [-0.1, -0.05) is 48.5 Å². The number of hydrogen-bond donors (Lipinski definition) is 0. The summed E-state index contributed by atoms with van der Waals surface area (Å²) in [5.41, 5.74) is 0.880. The van der Waals surface area contributed by atoms with E-state index >= 15 is 0 Å². The van der Waals surface area contributed by atoms with Crippen LogP contribution < -0.4 is 0 Å². The Labute approximate surface area is 142 Å². The Balaban J connectivity index is 1.53. The first-order chi connectivity index (χ1) is 12.1. The fourth-order valence-corrected chi connectivity index (χ4v) is 2.59. The van der Waals surface area contributed by atoms with Crippen LogP contribution in [0.15, 0.2) is 60.7 Å². The van der Waals surface area contributed by atoms with E-state index in [1.807, 2.05) is 6.07 Å². The summed E-state index contributed by atoms with van der Waals surface area (Å²) in [5, 5.41) is 0. The van der Waals surface area contributed by atoms with E-state index in [2.05, 4.69) is 0 Å². The van der Waals surface area contributed by atoms with E-state index in [4.69, 9.17) is 24.0 Å². The third kappa shape index (κ3) is 2.73. The Morgan fingerprint density at radius 2 is 1.68 bits per heavy atom. The van der Waals surface area contributed by atoms with E-state index in [1.165, 1.54) is 0 Å². The molecular weight excluding hydrogens is 328 g/mol. The van der Waals surface area contributed by atoms with Gasteiger partial charge in [0, 0.05) is 5.56 Å². The molecule has 2 atom stereocenters. The van der Waals surface area contributed by atoms with E-state index < -0.39 is 30.1 Å². The first-order valence-electron chi connectivity index (χ1n) is 7.66. The van der Waals surface area contributed by atoms with Gasteiger partial charge in [0.2, 0.25) is 5.78 Å². The maximum atomic E-state index is 12.3. The number of Topliss-reactive ketones (excluding diaryl/α,β-unsaturated/α-hetero) is 1. The summed E-state index contributed by atoms with van der Waals surface area (Å²) in [4.78, 5) is 34.7. The Hall–Kier alpha value is -2.58. The molecule has 2 saturated heterocycles. The second kappa shape index (κ2) is 6.05. The molecule has 2 aliphatic heterocycles. The van der Waals surface area contributed by atoms with Crippen molar-refractivity contribution >= 4 is 11.8 Å². The van der Waals surface area contributed by atoms with Gasteiger partial charge in [-0.25, -0.2) is 4.79 Å². The van der Waals surface area contributed by atoms with Crippen LogP contribution in [0.5, 0.6) is 0 Å². The van der Waals surface area contributed by atoms with E-state index in [0.717, 1.165) is 0 Å². The molecule has 2 aliphatic rings. The zero-order valence-corrected chi connectivity index (χ0v) is 13.0. The van der Waals surface area contributed by atoms with Crippen LogP contribution >= 0.6 is 0 Å². The van der Waals surface area contributed by atoms with Crippen LogP contribution in [0.1, 0.15) is 15.9 Å². The van der Waals surface area contributed by atoms with Gasteiger partial charge in [0.15, 0.2) is 6.61 Å². The maximum Gasteiger partial charge on any atom is 0.343 e. The van der Waals surface area contributed by atoms with Crippen LogP contribution in [0.3, 0.4) is 0 Å². The number of carbonyl (C=O) groups excluding carboxylic acids is 2. The van der Waals surface area contributed by atoms with Gasteiger partial charge in [0.1, 0.15) is 6.61 Å². The lowest BCUT2D eigenvalue weighted by atomic mass is 10.1. The lowest BCUT2D eigenvalue weighted by Gasteiger charge is -2.32. The summed E-state index contributed by atoms with van der Waals surface area (Å²) in [6.07, 6.45) is 0. The number of carbonyl (C=O) groups is 2. The number of ether oxygens (including phenoxy) is 3. The summed E-state index contributed by atoms with van der Waals surface area (Å²) >= 11 is 0. The van der Waals surface area contributed by atoms with E-state index in [-0.39, 0.29) is 6.61 Å². The van der Waals surface area contributed by atoms with Crippen LogP contribution in [0.2, 0.25) is 0 Å². The predicted molar refractivity (Wildman–Crippen MR) is 81.8 cm³/mol. The van der Waals surface area contributed by atoms with E-state index in [9.17, 15) is 9.59 Å². The third-order valence-electron chi connectivity index (χ3n) is 3.93. The molecule has 0 saturated carbocycles. The molecular formula is C18H14O7. The summed E-state index contributed by atoms with van der Waals surface area (Å²) in [7, 11) is 0. The topological polar surface area (TPSA) is 80.3 Å². The van der Waals surface area contributed by atoms with Crippen LogP contribution in [-0.4, -0.2) is 30.8 Å². The second-order valence-corrected chi connectivity index (χ2v) is 5.60. The van der Waals surface area contributed by atoms with Crippen molar-refractivity contribution < 1.29 is 33.6 Å². The largest absolute Gasteiger partial charge is 0.456 e. The molecule has 2 bridgehead atoms. The van der Waals surface area contributed by atoms with Crippen molar-refractivity contribution in [2.24, 2.45) is 0 Å². The maximum absolute atomic E-state index is 12.3. The molecule has 0 amide bonds. The van der Waals surface area contributed by atoms with Gasteiger partial charge in [-0.05, 0) is 12.1 Å². The lowest BCUT2D eigenvalue weighted by Crippen LogP contribution is -2.53. The highest BCUT2D eigenvalue weighted by Crippen LogP contribution is 2.45. The molecule has 2 fully saturated rings. The van der Waals surface area contributed by atoms with Gasteiger partial charge in [0.05, 0.1) is 5.56 Å². The number of rotatable bonds is 4. The molecule has 0 N–H and O–H groups in total. The van der Waals surface area contributed by atoms with Crippen LogP contribution in [0, 0.1) is 0 Å².